The molecule has 0 radical (unpaired) electrons. The van der Waals surface area contributed by atoms with Crippen molar-refractivity contribution < 1.29 is 4.79 Å². The molecule has 1 saturated carbocycles. The minimum Gasteiger partial charge on any atom is -0.343 e. The Bertz CT molecular complexity index is 441. The number of carbonyl (C=O) groups is 1. The second-order valence-electron chi connectivity index (χ2n) is 4.64. The van der Waals surface area contributed by atoms with Gasteiger partial charge in [0, 0.05) is 23.2 Å². The van der Waals surface area contributed by atoms with Gasteiger partial charge in [0.15, 0.2) is 0 Å². The van der Waals surface area contributed by atoms with Crippen molar-refractivity contribution in [2.24, 2.45) is 11.8 Å². The van der Waals surface area contributed by atoms with Crippen LogP contribution >= 0.6 is 23.1 Å². The van der Waals surface area contributed by atoms with Crippen LogP contribution in [-0.2, 0) is 4.79 Å². The van der Waals surface area contributed by atoms with Crippen LogP contribution in [0, 0.1) is 23.2 Å². The van der Waals surface area contributed by atoms with Crippen molar-refractivity contribution in [2.45, 2.75) is 30.0 Å². The highest BCUT2D eigenvalue weighted by atomic mass is 32.2. The van der Waals surface area contributed by atoms with Gasteiger partial charge in [0.1, 0.15) is 10.9 Å². The van der Waals surface area contributed by atoms with Crippen LogP contribution in [0.4, 0.5) is 0 Å². The third-order valence-corrected chi connectivity index (χ3v) is 5.57. The molecule has 1 aliphatic carbocycles. The molecule has 1 N–H and O–H groups in total. The molecule has 1 heterocycles. The molecule has 0 saturated heterocycles. The lowest BCUT2D eigenvalue weighted by atomic mass is 9.80. The Labute approximate surface area is 121 Å². The molecular formula is C13H17N3OS2. The van der Waals surface area contributed by atoms with Gasteiger partial charge in [-0.2, -0.15) is 5.26 Å². The number of thiazole rings is 1. The number of amides is 1. The summed E-state index contributed by atoms with van der Waals surface area (Å²) in [7, 11) is 0. The van der Waals surface area contributed by atoms with Crippen molar-refractivity contribution in [3.63, 3.8) is 0 Å². The first kappa shape index (κ1) is 14.4. The SMILES string of the molecule is N#CCNC(=O)[C@@H]1CCCC[C@H]1CSc1nccs1. The molecule has 6 heteroatoms. The van der Waals surface area contributed by atoms with E-state index < -0.39 is 0 Å². The molecule has 0 spiro atoms. The standard InChI is InChI=1S/C13H17N3OS2/c14-5-6-15-12(17)11-4-2-1-3-10(11)9-19-13-16-7-8-18-13/h7-8,10-11H,1-4,6,9H2,(H,15,17)/t10-,11+/m0/s1. The van der Waals surface area contributed by atoms with Crippen LogP contribution < -0.4 is 5.32 Å². The third-order valence-electron chi connectivity index (χ3n) is 3.42. The smallest absolute Gasteiger partial charge is 0.224 e. The number of nitrogens with one attached hydrogen (secondary N) is 1. The average molecular weight is 295 g/mol. The molecule has 0 unspecified atom stereocenters. The van der Waals surface area contributed by atoms with E-state index in [1.165, 1.54) is 6.42 Å². The van der Waals surface area contributed by atoms with Crippen molar-refractivity contribution in [1.29, 1.82) is 5.26 Å². The van der Waals surface area contributed by atoms with Gasteiger partial charge in [-0.3, -0.25) is 4.79 Å². The van der Waals surface area contributed by atoms with E-state index in [1.54, 1.807) is 23.1 Å². The van der Waals surface area contributed by atoms with Crippen LogP contribution in [0.2, 0.25) is 0 Å². The summed E-state index contributed by atoms with van der Waals surface area (Å²) in [5.41, 5.74) is 0. The Balaban J connectivity index is 1.88. The van der Waals surface area contributed by atoms with Gasteiger partial charge in [0.2, 0.25) is 5.91 Å². The van der Waals surface area contributed by atoms with E-state index in [-0.39, 0.29) is 18.4 Å². The van der Waals surface area contributed by atoms with E-state index in [0.717, 1.165) is 29.4 Å². The summed E-state index contributed by atoms with van der Waals surface area (Å²) in [6.45, 7) is 0.113. The van der Waals surface area contributed by atoms with Crippen LogP contribution in [0.25, 0.3) is 0 Å². The Morgan fingerprint density at radius 3 is 3.16 bits per heavy atom. The molecule has 1 aromatic heterocycles. The topological polar surface area (TPSA) is 65.8 Å². The van der Waals surface area contributed by atoms with E-state index in [2.05, 4.69) is 10.3 Å². The number of hydrogen-bond donors (Lipinski definition) is 1. The lowest BCUT2D eigenvalue weighted by molar-refractivity contribution is -0.127. The van der Waals surface area contributed by atoms with Gasteiger partial charge in [0.25, 0.3) is 0 Å². The lowest BCUT2D eigenvalue weighted by Crippen LogP contribution is -2.37. The van der Waals surface area contributed by atoms with Crippen molar-refractivity contribution >= 4 is 29.0 Å². The molecule has 2 atom stereocenters. The molecule has 1 aliphatic rings. The molecule has 102 valence electrons. The fourth-order valence-electron chi connectivity index (χ4n) is 2.47. The minimum absolute atomic E-state index is 0.0472. The summed E-state index contributed by atoms with van der Waals surface area (Å²) in [4.78, 5) is 16.3. The van der Waals surface area contributed by atoms with Crippen molar-refractivity contribution in [3.8, 4) is 6.07 Å². The zero-order chi connectivity index (χ0) is 13.5. The first-order chi connectivity index (χ1) is 9.31. The normalized spacial score (nSPS) is 22.7. The molecule has 19 heavy (non-hydrogen) atoms. The molecule has 0 aromatic carbocycles. The number of rotatable bonds is 5. The van der Waals surface area contributed by atoms with Crippen LogP contribution in [0.3, 0.4) is 0 Å². The Morgan fingerprint density at radius 1 is 1.58 bits per heavy atom. The molecule has 0 aliphatic heterocycles. The van der Waals surface area contributed by atoms with Crippen molar-refractivity contribution in [1.82, 2.24) is 10.3 Å². The van der Waals surface area contributed by atoms with Crippen LogP contribution in [0.15, 0.2) is 15.9 Å². The maximum absolute atomic E-state index is 12.0. The number of carbonyl (C=O) groups excluding carboxylic acids is 1. The van der Waals surface area contributed by atoms with E-state index >= 15 is 0 Å². The van der Waals surface area contributed by atoms with Gasteiger partial charge in [-0.15, -0.1) is 11.3 Å². The second-order valence-corrected chi connectivity index (χ2v) is 6.80. The Kier molecular flexibility index (Phi) is 5.67. The van der Waals surface area contributed by atoms with Crippen molar-refractivity contribution in [2.75, 3.05) is 12.3 Å². The number of aromatic nitrogens is 1. The molecule has 1 aromatic rings. The molecule has 1 fully saturated rings. The fourth-order valence-corrected chi connectivity index (χ4v) is 4.36. The molecule has 2 rings (SSSR count). The number of nitriles is 1. The summed E-state index contributed by atoms with van der Waals surface area (Å²) >= 11 is 3.38. The predicted octanol–water partition coefficient (Wildman–Crippen LogP) is 2.68. The molecule has 4 nitrogen and oxygen atoms in total. The monoisotopic (exact) mass is 295 g/mol. The Morgan fingerprint density at radius 2 is 2.42 bits per heavy atom. The van der Waals surface area contributed by atoms with Gasteiger partial charge >= 0.3 is 0 Å². The zero-order valence-corrected chi connectivity index (χ0v) is 12.3. The summed E-state index contributed by atoms with van der Waals surface area (Å²) in [5, 5.41) is 13.2. The Hall–Kier alpha value is -1.06. The highest BCUT2D eigenvalue weighted by molar-refractivity contribution is 8.01. The second kappa shape index (κ2) is 7.51. The third kappa shape index (κ3) is 4.22. The van der Waals surface area contributed by atoms with E-state index in [4.69, 9.17) is 5.26 Å². The van der Waals surface area contributed by atoms with Crippen molar-refractivity contribution in [3.05, 3.63) is 11.6 Å². The summed E-state index contributed by atoms with van der Waals surface area (Å²) in [5.74, 6) is 1.46. The maximum atomic E-state index is 12.0. The minimum atomic E-state index is 0.0472. The summed E-state index contributed by atoms with van der Waals surface area (Å²) in [6, 6.07) is 1.96. The van der Waals surface area contributed by atoms with Crippen LogP contribution in [0.1, 0.15) is 25.7 Å². The first-order valence-electron chi connectivity index (χ1n) is 6.48. The van der Waals surface area contributed by atoms with E-state index in [9.17, 15) is 4.79 Å². The van der Waals surface area contributed by atoms with E-state index in [1.807, 2.05) is 17.6 Å². The quantitative estimate of drug-likeness (QED) is 0.670. The van der Waals surface area contributed by atoms with E-state index in [0.29, 0.717) is 5.92 Å². The zero-order valence-electron chi connectivity index (χ0n) is 10.7. The molecule has 1 amide bonds. The first-order valence-corrected chi connectivity index (χ1v) is 8.34. The van der Waals surface area contributed by atoms with Gasteiger partial charge in [-0.05, 0) is 18.8 Å². The summed E-state index contributed by atoms with van der Waals surface area (Å²) < 4.78 is 1.07. The highest BCUT2D eigenvalue weighted by Crippen LogP contribution is 2.35. The largest absolute Gasteiger partial charge is 0.343 e. The predicted molar refractivity (Wildman–Crippen MR) is 76.9 cm³/mol. The molecule has 0 bridgehead atoms. The number of hydrogen-bond acceptors (Lipinski definition) is 5. The van der Waals surface area contributed by atoms with Crippen LogP contribution in [-0.4, -0.2) is 23.2 Å². The van der Waals surface area contributed by atoms with Gasteiger partial charge in [-0.25, -0.2) is 4.98 Å². The number of thioether (sulfide) groups is 1. The summed E-state index contributed by atoms with van der Waals surface area (Å²) in [6.07, 6.45) is 6.17. The van der Waals surface area contributed by atoms with Crippen LogP contribution in [0.5, 0.6) is 0 Å². The van der Waals surface area contributed by atoms with Gasteiger partial charge in [0.05, 0.1) is 6.07 Å². The number of nitrogens with zero attached hydrogens (tertiary/aromatic N) is 2. The fraction of sp³-hybridized carbons (Fsp3) is 0.615. The average Bonchev–Trinajstić information content (AvgIpc) is 2.96. The van der Waals surface area contributed by atoms with Gasteiger partial charge < -0.3 is 5.32 Å². The van der Waals surface area contributed by atoms with Gasteiger partial charge in [-0.1, -0.05) is 24.6 Å². The maximum Gasteiger partial charge on any atom is 0.224 e. The lowest BCUT2D eigenvalue weighted by Gasteiger charge is -2.29. The molecular weight excluding hydrogens is 278 g/mol. The highest BCUT2D eigenvalue weighted by Gasteiger charge is 2.30.